The Balaban J connectivity index is 0.954. The minimum Gasteiger partial charge on any atom is -0.228 e. The molecule has 11 rings (SSSR count). The van der Waals surface area contributed by atoms with Crippen LogP contribution in [0.4, 0.5) is 0 Å². The van der Waals surface area contributed by atoms with Crippen LogP contribution < -0.4 is 0 Å². The molecule has 0 saturated heterocycles. The van der Waals surface area contributed by atoms with Gasteiger partial charge < -0.3 is 0 Å². The van der Waals surface area contributed by atoms with Gasteiger partial charge in [-0.2, -0.15) is 0 Å². The summed E-state index contributed by atoms with van der Waals surface area (Å²) in [6.45, 7) is 0. The Morgan fingerprint density at radius 2 is 0.759 bits per heavy atom. The summed E-state index contributed by atoms with van der Waals surface area (Å²) in [6.07, 6.45) is 0. The summed E-state index contributed by atoms with van der Waals surface area (Å²) in [5, 5.41) is 9.99. The molecule has 10 aromatic carbocycles. The molecule has 1 aromatic heterocycles. The van der Waals surface area contributed by atoms with Gasteiger partial charge in [0.25, 0.3) is 0 Å². The third-order valence-electron chi connectivity index (χ3n) is 11.5. The van der Waals surface area contributed by atoms with Crippen molar-refractivity contribution in [2.45, 2.75) is 0 Å². The first-order valence-electron chi connectivity index (χ1n) is 19.8. The molecule has 270 valence electrons. The predicted molar refractivity (Wildman–Crippen MR) is 245 cm³/mol. The monoisotopic (exact) mass is 736 g/mol. The van der Waals surface area contributed by atoms with E-state index in [2.05, 4.69) is 194 Å². The molecule has 0 aliphatic carbocycles. The summed E-state index contributed by atoms with van der Waals surface area (Å²) in [4.78, 5) is 10.2. The highest BCUT2D eigenvalue weighted by Crippen LogP contribution is 2.41. The van der Waals surface area contributed by atoms with Crippen LogP contribution in [0.15, 0.2) is 218 Å². The van der Waals surface area contributed by atoms with Crippen LogP contribution in [-0.4, -0.2) is 9.97 Å². The lowest BCUT2D eigenvalue weighted by atomic mass is 9.89. The number of aromatic nitrogens is 2. The van der Waals surface area contributed by atoms with Crippen LogP contribution in [0.1, 0.15) is 0 Å². The zero-order chi connectivity index (χ0) is 38.4. The molecule has 0 fully saturated rings. The molecule has 0 radical (unpaired) electrons. The molecule has 2 nitrogen and oxygen atoms in total. The first-order chi connectivity index (χ1) is 28.7. The van der Waals surface area contributed by atoms with Gasteiger partial charge in [-0.05, 0) is 88.6 Å². The van der Waals surface area contributed by atoms with Gasteiger partial charge in [-0.1, -0.05) is 206 Å². The first kappa shape index (κ1) is 33.6. The Kier molecular flexibility index (Phi) is 8.19. The van der Waals surface area contributed by atoms with Crippen molar-refractivity contribution in [3.63, 3.8) is 0 Å². The third-order valence-corrected chi connectivity index (χ3v) is 11.5. The molecule has 0 N–H and O–H groups in total. The Bertz CT molecular complexity index is 3240. The lowest BCUT2D eigenvalue weighted by Crippen LogP contribution is -1.96. The minimum atomic E-state index is 0.716. The molecule has 58 heavy (non-hydrogen) atoms. The van der Waals surface area contributed by atoms with Gasteiger partial charge >= 0.3 is 0 Å². The van der Waals surface area contributed by atoms with Crippen molar-refractivity contribution < 1.29 is 0 Å². The van der Waals surface area contributed by atoms with Gasteiger partial charge in [0.2, 0.25) is 0 Å². The number of hydrogen-bond acceptors (Lipinski definition) is 2. The normalized spacial score (nSPS) is 11.4. The van der Waals surface area contributed by atoms with Crippen molar-refractivity contribution in [2.75, 3.05) is 0 Å². The zero-order valence-electron chi connectivity index (χ0n) is 31.7. The topological polar surface area (TPSA) is 25.8 Å². The molecular formula is C56H36N2. The van der Waals surface area contributed by atoms with Gasteiger partial charge in [-0.3, -0.25) is 0 Å². The maximum Gasteiger partial charge on any atom is 0.160 e. The molecule has 0 amide bonds. The number of hydrogen-bond donors (Lipinski definition) is 0. The predicted octanol–water partition coefficient (Wildman–Crippen LogP) is 15.1. The van der Waals surface area contributed by atoms with Crippen molar-refractivity contribution >= 4 is 43.1 Å². The molecule has 1 heterocycles. The van der Waals surface area contributed by atoms with Crippen LogP contribution in [0.3, 0.4) is 0 Å². The average molecular weight is 737 g/mol. The maximum absolute atomic E-state index is 5.15. The first-order valence-corrected chi connectivity index (χ1v) is 19.8. The van der Waals surface area contributed by atoms with Crippen LogP contribution in [0, 0.1) is 0 Å². The fourth-order valence-corrected chi connectivity index (χ4v) is 8.64. The van der Waals surface area contributed by atoms with E-state index >= 15 is 0 Å². The van der Waals surface area contributed by atoms with Crippen LogP contribution in [0.25, 0.3) is 110 Å². The smallest absolute Gasteiger partial charge is 0.160 e. The molecule has 0 unspecified atom stereocenters. The third kappa shape index (κ3) is 5.91. The lowest BCUT2D eigenvalue weighted by molar-refractivity contribution is 1.18. The Morgan fingerprint density at radius 1 is 0.241 bits per heavy atom. The van der Waals surface area contributed by atoms with E-state index in [1.54, 1.807) is 0 Å². The van der Waals surface area contributed by atoms with E-state index in [9.17, 15) is 0 Å². The second-order valence-corrected chi connectivity index (χ2v) is 14.9. The Hall–Kier alpha value is -7.68. The molecule has 0 atom stereocenters. The second kappa shape index (κ2) is 14.1. The molecule has 0 saturated carbocycles. The van der Waals surface area contributed by atoms with E-state index in [4.69, 9.17) is 9.97 Å². The number of nitrogens with zero attached hydrogens (tertiary/aromatic N) is 2. The molecule has 0 aliphatic rings. The van der Waals surface area contributed by atoms with Gasteiger partial charge in [-0.25, -0.2) is 9.97 Å². The zero-order valence-corrected chi connectivity index (χ0v) is 31.7. The number of benzene rings is 10. The van der Waals surface area contributed by atoms with E-state index in [-0.39, 0.29) is 0 Å². The molecule has 11 aromatic rings. The van der Waals surface area contributed by atoms with Crippen LogP contribution >= 0.6 is 0 Å². The summed E-state index contributed by atoms with van der Waals surface area (Å²) in [5.74, 6) is 0.716. The molecule has 0 aliphatic heterocycles. The van der Waals surface area contributed by atoms with Gasteiger partial charge in [0.15, 0.2) is 5.82 Å². The van der Waals surface area contributed by atoms with E-state index in [1.807, 2.05) is 24.3 Å². The molecule has 0 spiro atoms. The second-order valence-electron chi connectivity index (χ2n) is 14.9. The van der Waals surface area contributed by atoms with Crippen LogP contribution in [-0.2, 0) is 0 Å². The lowest BCUT2D eigenvalue weighted by Gasteiger charge is -2.15. The SMILES string of the molecule is c1ccc(-c2cc(-c3ccc(-c4ccc(-c5ccc(-c6c7ccccc7cc7c6ccc6ccccc67)cc5)cc4)c4ccccc34)nc(-c3ccccc3)n2)cc1. The van der Waals surface area contributed by atoms with Gasteiger partial charge in [0.1, 0.15) is 0 Å². The summed E-state index contributed by atoms with van der Waals surface area (Å²) in [7, 11) is 0. The van der Waals surface area contributed by atoms with E-state index in [0.717, 1.165) is 33.5 Å². The van der Waals surface area contributed by atoms with Crippen molar-refractivity contribution in [1.82, 2.24) is 9.97 Å². The largest absolute Gasteiger partial charge is 0.228 e. The van der Waals surface area contributed by atoms with Gasteiger partial charge in [-0.15, -0.1) is 0 Å². The van der Waals surface area contributed by atoms with Crippen molar-refractivity contribution in [1.29, 1.82) is 0 Å². The average Bonchev–Trinajstić information content (AvgIpc) is 3.31. The Morgan fingerprint density at radius 3 is 1.47 bits per heavy atom. The molecular weight excluding hydrogens is 701 g/mol. The van der Waals surface area contributed by atoms with E-state index in [0.29, 0.717) is 5.82 Å². The summed E-state index contributed by atoms with van der Waals surface area (Å²) in [6, 6.07) is 78.3. The van der Waals surface area contributed by atoms with Crippen molar-refractivity contribution in [3.05, 3.63) is 218 Å². The highest BCUT2D eigenvalue weighted by Gasteiger charge is 2.16. The molecule has 0 bridgehead atoms. The summed E-state index contributed by atoms with van der Waals surface area (Å²) >= 11 is 0. The summed E-state index contributed by atoms with van der Waals surface area (Å²) < 4.78 is 0. The van der Waals surface area contributed by atoms with E-state index in [1.165, 1.54) is 71.1 Å². The fourth-order valence-electron chi connectivity index (χ4n) is 8.64. The maximum atomic E-state index is 5.15. The Labute approximate surface area is 337 Å². The van der Waals surface area contributed by atoms with E-state index < -0.39 is 0 Å². The fraction of sp³-hybridized carbons (Fsp3) is 0. The highest BCUT2D eigenvalue weighted by molar-refractivity contribution is 6.20. The number of fused-ring (bicyclic) bond motifs is 5. The minimum absolute atomic E-state index is 0.716. The standard InChI is InChI=1S/C56H36N2/c1-3-14-41(15-4-1)53-36-54(58-56(57-53)43-16-5-2-6-17-43)50-34-33-46(48-21-11-12-22-49(48)50)40-27-23-37(24-28-40)38-25-29-42(30-26-38)55-47-20-10-8-18-44(47)35-52-45-19-9-7-13-39(45)31-32-51(52)55/h1-36H. The van der Waals surface area contributed by atoms with Crippen molar-refractivity contribution in [3.8, 4) is 67.3 Å². The van der Waals surface area contributed by atoms with Gasteiger partial charge in [0.05, 0.1) is 11.4 Å². The van der Waals surface area contributed by atoms with Gasteiger partial charge in [0, 0.05) is 16.7 Å². The van der Waals surface area contributed by atoms with Crippen LogP contribution in [0.2, 0.25) is 0 Å². The van der Waals surface area contributed by atoms with Crippen LogP contribution in [0.5, 0.6) is 0 Å². The quantitative estimate of drug-likeness (QED) is 0.125. The number of rotatable bonds is 6. The van der Waals surface area contributed by atoms with Crippen molar-refractivity contribution in [2.24, 2.45) is 0 Å². The molecule has 2 heteroatoms. The highest BCUT2D eigenvalue weighted by atomic mass is 14.9. The summed E-state index contributed by atoms with van der Waals surface area (Å²) in [5.41, 5.74) is 12.2.